The zero-order valence-corrected chi connectivity index (χ0v) is 29.2. The summed E-state index contributed by atoms with van der Waals surface area (Å²) >= 11 is 1.29. The first kappa shape index (κ1) is 32.9. The van der Waals surface area contributed by atoms with E-state index in [-0.39, 0.29) is 11.7 Å². The molecule has 0 saturated heterocycles. The van der Waals surface area contributed by atoms with Gasteiger partial charge in [0.2, 0.25) is 0 Å². The van der Waals surface area contributed by atoms with Crippen molar-refractivity contribution < 1.29 is 27.8 Å². The number of thioether (sulfide) groups is 1. The molecule has 0 aliphatic carbocycles. The van der Waals surface area contributed by atoms with E-state index in [0.29, 0.717) is 58.3 Å². The van der Waals surface area contributed by atoms with Crippen molar-refractivity contribution in [3.63, 3.8) is 0 Å². The fourth-order valence-corrected chi connectivity index (χ4v) is 6.96. The first-order chi connectivity index (χ1) is 25.6. The molecule has 0 saturated carbocycles. The zero-order valence-electron chi connectivity index (χ0n) is 28.3. The van der Waals surface area contributed by atoms with Gasteiger partial charge in [-0.2, -0.15) is 5.10 Å². The lowest BCUT2D eigenvalue weighted by molar-refractivity contribution is -0.130. The van der Waals surface area contributed by atoms with E-state index in [1.807, 2.05) is 120 Å². The van der Waals surface area contributed by atoms with Crippen LogP contribution in [0.1, 0.15) is 35.4 Å². The van der Waals surface area contributed by atoms with E-state index in [1.165, 1.54) is 16.8 Å². The quantitative estimate of drug-likeness (QED) is 0.115. The Morgan fingerprint density at radius 2 is 1.63 bits per heavy atom. The number of rotatable bonds is 12. The van der Waals surface area contributed by atoms with E-state index in [9.17, 15) is 4.79 Å². The second kappa shape index (κ2) is 14.5. The zero-order chi connectivity index (χ0) is 35.4. The highest BCUT2D eigenvalue weighted by molar-refractivity contribution is 7.99. The summed E-state index contributed by atoms with van der Waals surface area (Å²) in [6, 6.07) is 36.0. The van der Waals surface area contributed by atoms with Crippen molar-refractivity contribution in [2.45, 2.75) is 24.0 Å². The van der Waals surface area contributed by atoms with Gasteiger partial charge in [0.05, 0.1) is 26.2 Å². The number of amides is 1. The SMILES string of the molecule is COc1ccc(Cc2nnc(SCC(=O)N3N=C(c4cc5ccccc5o4)CC3c3ccco3)n2-c2ccc(Oc3ccccc3)cc2)cc1OC. The number of fused-ring (bicyclic) bond motifs is 1. The van der Waals surface area contributed by atoms with Crippen molar-refractivity contribution in [3.05, 3.63) is 144 Å². The van der Waals surface area contributed by atoms with Gasteiger partial charge >= 0.3 is 0 Å². The van der Waals surface area contributed by atoms with E-state index >= 15 is 0 Å². The van der Waals surface area contributed by atoms with Gasteiger partial charge in [0, 0.05) is 23.9 Å². The molecule has 1 aliphatic rings. The van der Waals surface area contributed by atoms with Gasteiger partial charge in [-0.25, -0.2) is 5.01 Å². The maximum Gasteiger partial charge on any atom is 0.253 e. The molecule has 0 bridgehead atoms. The third-order valence-corrected chi connectivity index (χ3v) is 9.57. The Labute approximate surface area is 303 Å². The van der Waals surface area contributed by atoms with Crippen molar-refractivity contribution in [2.75, 3.05) is 20.0 Å². The molecule has 0 N–H and O–H groups in total. The van der Waals surface area contributed by atoms with Gasteiger partial charge in [-0.15, -0.1) is 10.2 Å². The summed E-state index contributed by atoms with van der Waals surface area (Å²) in [5, 5.41) is 16.9. The van der Waals surface area contributed by atoms with Crippen molar-refractivity contribution in [2.24, 2.45) is 5.10 Å². The van der Waals surface area contributed by atoms with Gasteiger partial charge in [-0.1, -0.05) is 54.2 Å². The Hall–Kier alpha value is -6.27. The van der Waals surface area contributed by atoms with E-state index in [1.54, 1.807) is 20.5 Å². The van der Waals surface area contributed by atoms with Crippen LogP contribution in [0.4, 0.5) is 0 Å². The van der Waals surface area contributed by atoms with Crippen LogP contribution < -0.4 is 14.2 Å². The number of carbonyl (C=O) groups is 1. The molecule has 1 atom stereocenters. The molecule has 1 amide bonds. The van der Waals surface area contributed by atoms with Crippen molar-refractivity contribution in [1.82, 2.24) is 19.8 Å². The number of carbonyl (C=O) groups excluding carboxylic acids is 1. The molecule has 3 aromatic heterocycles. The highest BCUT2D eigenvalue weighted by Crippen LogP contribution is 2.36. The molecular weight excluding hydrogens is 679 g/mol. The van der Waals surface area contributed by atoms with Crippen molar-refractivity contribution in [1.29, 1.82) is 0 Å². The van der Waals surface area contributed by atoms with Gasteiger partial charge in [0.15, 0.2) is 22.4 Å². The summed E-state index contributed by atoms with van der Waals surface area (Å²) in [6.45, 7) is 0. The maximum absolute atomic E-state index is 14.0. The smallest absolute Gasteiger partial charge is 0.253 e. The first-order valence-corrected chi connectivity index (χ1v) is 17.6. The number of hydrogen-bond donors (Lipinski definition) is 0. The molecule has 1 unspecified atom stereocenters. The van der Waals surface area contributed by atoms with Crippen LogP contribution in [0, 0.1) is 0 Å². The van der Waals surface area contributed by atoms with Crippen LogP contribution >= 0.6 is 11.8 Å². The molecule has 4 heterocycles. The monoisotopic (exact) mass is 711 g/mol. The average Bonchev–Trinajstić information content (AvgIpc) is 4.01. The Morgan fingerprint density at radius 3 is 2.40 bits per heavy atom. The van der Waals surface area contributed by atoms with Crippen LogP contribution in [-0.2, 0) is 11.2 Å². The van der Waals surface area contributed by atoms with Crippen LogP contribution in [0.5, 0.6) is 23.0 Å². The third-order valence-electron chi connectivity index (χ3n) is 8.66. The van der Waals surface area contributed by atoms with Gasteiger partial charge in [-0.05, 0) is 78.4 Å². The molecule has 0 radical (unpaired) electrons. The number of hydrogen-bond acceptors (Lipinski definition) is 10. The van der Waals surface area contributed by atoms with E-state index in [4.69, 9.17) is 28.1 Å². The number of benzene rings is 4. The average molecular weight is 712 g/mol. The highest BCUT2D eigenvalue weighted by Gasteiger charge is 2.36. The highest BCUT2D eigenvalue weighted by atomic mass is 32.2. The Bertz CT molecular complexity index is 2320. The predicted octanol–water partition coefficient (Wildman–Crippen LogP) is 8.48. The minimum atomic E-state index is -0.415. The number of furan rings is 2. The minimum absolute atomic E-state index is 0.0534. The number of ether oxygens (including phenoxy) is 3. The summed E-state index contributed by atoms with van der Waals surface area (Å²) < 4.78 is 30.8. The standard InChI is InChI=1S/C40H33N5O6S/c1-47-35-19-14-26(21-37(35)48-2)22-38-41-42-40(44(38)28-15-17-30(18-16-28)50-29-10-4-3-5-11-29)52-25-39(46)45-32(34-13-8-20-49-34)24-31(43-45)36-23-27-9-6-7-12-33(27)51-36/h3-21,23,32H,22,24-25H2,1-2H3. The van der Waals surface area contributed by atoms with Crippen LogP contribution in [0.2, 0.25) is 0 Å². The predicted molar refractivity (Wildman–Crippen MR) is 197 cm³/mol. The van der Waals surface area contributed by atoms with Crippen LogP contribution in [0.3, 0.4) is 0 Å². The number of nitrogens with zero attached hydrogens (tertiary/aromatic N) is 5. The number of para-hydroxylation sites is 2. The van der Waals surface area contributed by atoms with E-state index < -0.39 is 6.04 Å². The van der Waals surface area contributed by atoms with E-state index in [2.05, 4.69) is 10.2 Å². The van der Waals surface area contributed by atoms with E-state index in [0.717, 1.165) is 28.0 Å². The van der Waals surface area contributed by atoms with Gasteiger partial charge < -0.3 is 23.0 Å². The van der Waals surface area contributed by atoms with Gasteiger partial charge in [0.1, 0.15) is 40.4 Å². The summed E-state index contributed by atoms with van der Waals surface area (Å²) in [5.74, 6) is 4.47. The summed E-state index contributed by atoms with van der Waals surface area (Å²) in [5.41, 5.74) is 3.21. The van der Waals surface area contributed by atoms with Crippen molar-refractivity contribution >= 4 is 34.3 Å². The number of methoxy groups -OCH3 is 2. The molecular formula is C40H33N5O6S. The summed E-state index contributed by atoms with van der Waals surface area (Å²) in [6.07, 6.45) is 2.50. The first-order valence-electron chi connectivity index (χ1n) is 16.6. The van der Waals surface area contributed by atoms with Gasteiger partial charge in [-0.3, -0.25) is 9.36 Å². The lowest BCUT2D eigenvalue weighted by Crippen LogP contribution is -2.28. The third kappa shape index (κ3) is 6.75. The molecule has 11 nitrogen and oxygen atoms in total. The molecule has 52 heavy (non-hydrogen) atoms. The fraction of sp³-hybridized carbons (Fsp3) is 0.150. The normalized spacial score (nSPS) is 14.1. The molecule has 1 aliphatic heterocycles. The molecule has 0 fully saturated rings. The summed E-state index contributed by atoms with van der Waals surface area (Å²) in [4.78, 5) is 14.0. The number of hydrazone groups is 1. The largest absolute Gasteiger partial charge is 0.493 e. The molecule has 4 aromatic carbocycles. The molecule has 8 rings (SSSR count). The Balaban J connectivity index is 1.08. The Kier molecular flexibility index (Phi) is 9.19. The number of aromatic nitrogens is 3. The van der Waals surface area contributed by atoms with Gasteiger partial charge in [0.25, 0.3) is 5.91 Å². The maximum atomic E-state index is 14.0. The van der Waals surface area contributed by atoms with Crippen molar-refractivity contribution in [3.8, 4) is 28.7 Å². The Morgan fingerprint density at radius 1 is 0.846 bits per heavy atom. The minimum Gasteiger partial charge on any atom is -0.493 e. The lowest BCUT2D eigenvalue weighted by Gasteiger charge is -2.19. The molecule has 260 valence electrons. The summed E-state index contributed by atoms with van der Waals surface area (Å²) in [7, 11) is 3.21. The molecule has 0 spiro atoms. The second-order valence-electron chi connectivity index (χ2n) is 12.0. The second-order valence-corrected chi connectivity index (χ2v) is 12.9. The molecule has 7 aromatic rings. The van der Waals surface area contributed by atoms with Crippen LogP contribution in [-0.4, -0.2) is 51.4 Å². The van der Waals surface area contributed by atoms with Crippen LogP contribution in [0.25, 0.3) is 16.7 Å². The van der Waals surface area contributed by atoms with Crippen LogP contribution in [0.15, 0.2) is 141 Å². The molecule has 12 heteroatoms. The topological polar surface area (TPSA) is 117 Å². The fourth-order valence-electron chi connectivity index (χ4n) is 6.14. The lowest BCUT2D eigenvalue weighted by atomic mass is 10.1.